The maximum atomic E-state index is 13.0. The molecule has 0 aliphatic heterocycles. The Labute approximate surface area is 176 Å². The number of carbonyl (C=O) groups is 1. The van der Waals surface area contributed by atoms with Gasteiger partial charge in [-0.15, -0.1) is 0 Å². The second kappa shape index (κ2) is 9.09. The number of Topliss-reactive ketones (excluding diaryl/α,β-unsaturated/α-hetero) is 1. The van der Waals surface area contributed by atoms with E-state index in [4.69, 9.17) is 4.42 Å². The molecule has 152 valence electrons. The second-order valence-corrected chi connectivity index (χ2v) is 7.83. The SMILES string of the molecule is O=C(CCCSc1nc2ccccc2c(=O)n1Cc1ccco1)c1ccc(F)cc1. The molecule has 0 fully saturated rings. The Balaban J connectivity index is 1.49. The van der Waals surface area contributed by atoms with E-state index in [0.29, 0.717) is 52.5 Å². The van der Waals surface area contributed by atoms with Gasteiger partial charge in [-0.3, -0.25) is 14.2 Å². The first-order valence-electron chi connectivity index (χ1n) is 9.55. The number of carbonyl (C=O) groups excluding carboxylic acids is 1. The summed E-state index contributed by atoms with van der Waals surface area (Å²) in [5.41, 5.74) is 1.02. The molecule has 0 unspecified atom stereocenters. The zero-order chi connectivity index (χ0) is 20.9. The van der Waals surface area contributed by atoms with Gasteiger partial charge < -0.3 is 4.42 Å². The van der Waals surface area contributed by atoms with Gasteiger partial charge in [0.1, 0.15) is 11.6 Å². The highest BCUT2D eigenvalue weighted by Gasteiger charge is 2.13. The highest BCUT2D eigenvalue weighted by Crippen LogP contribution is 2.21. The van der Waals surface area contributed by atoms with Crippen molar-refractivity contribution < 1.29 is 13.6 Å². The van der Waals surface area contributed by atoms with E-state index in [2.05, 4.69) is 4.98 Å². The van der Waals surface area contributed by atoms with E-state index in [0.717, 1.165) is 0 Å². The predicted molar refractivity (Wildman–Crippen MR) is 115 cm³/mol. The summed E-state index contributed by atoms with van der Waals surface area (Å²) in [6, 6.07) is 16.4. The average molecular weight is 422 g/mol. The molecule has 0 amide bonds. The second-order valence-electron chi connectivity index (χ2n) is 6.76. The molecule has 7 heteroatoms. The van der Waals surface area contributed by atoms with Gasteiger partial charge in [0.2, 0.25) is 0 Å². The molecule has 0 spiro atoms. The van der Waals surface area contributed by atoms with Gasteiger partial charge in [-0.1, -0.05) is 23.9 Å². The lowest BCUT2D eigenvalue weighted by atomic mass is 10.1. The van der Waals surface area contributed by atoms with Crippen molar-refractivity contribution in [1.82, 2.24) is 9.55 Å². The number of para-hydroxylation sites is 1. The van der Waals surface area contributed by atoms with Gasteiger partial charge in [0.15, 0.2) is 10.9 Å². The number of thioether (sulfide) groups is 1. The molecule has 5 nitrogen and oxygen atoms in total. The lowest BCUT2D eigenvalue weighted by Crippen LogP contribution is -2.23. The molecule has 2 aromatic carbocycles. The monoisotopic (exact) mass is 422 g/mol. The number of furan rings is 1. The van der Waals surface area contributed by atoms with Gasteiger partial charge >= 0.3 is 0 Å². The fraction of sp³-hybridized carbons (Fsp3) is 0.174. The zero-order valence-electron chi connectivity index (χ0n) is 16.1. The Morgan fingerprint density at radius 1 is 1.07 bits per heavy atom. The van der Waals surface area contributed by atoms with Crippen molar-refractivity contribution >= 4 is 28.4 Å². The number of benzene rings is 2. The van der Waals surface area contributed by atoms with Crippen LogP contribution in [0.15, 0.2) is 81.3 Å². The van der Waals surface area contributed by atoms with Crippen LogP contribution in [0.3, 0.4) is 0 Å². The predicted octanol–water partition coefficient (Wildman–Crippen LogP) is 4.93. The van der Waals surface area contributed by atoms with Crippen molar-refractivity contribution in [1.29, 1.82) is 0 Å². The summed E-state index contributed by atoms with van der Waals surface area (Å²) in [5, 5.41) is 1.14. The first-order valence-corrected chi connectivity index (χ1v) is 10.5. The van der Waals surface area contributed by atoms with Gasteiger partial charge in [-0.25, -0.2) is 9.37 Å². The summed E-state index contributed by atoms with van der Waals surface area (Å²) in [7, 11) is 0. The molecule has 0 atom stereocenters. The van der Waals surface area contributed by atoms with Gasteiger partial charge in [0, 0.05) is 17.7 Å². The lowest BCUT2D eigenvalue weighted by molar-refractivity contribution is 0.0982. The van der Waals surface area contributed by atoms with Crippen LogP contribution in [0, 0.1) is 5.82 Å². The minimum absolute atomic E-state index is 0.0324. The molecule has 4 rings (SSSR count). The maximum absolute atomic E-state index is 13.0. The van der Waals surface area contributed by atoms with Crippen LogP contribution in [0.25, 0.3) is 10.9 Å². The van der Waals surface area contributed by atoms with E-state index in [-0.39, 0.29) is 17.2 Å². The molecule has 30 heavy (non-hydrogen) atoms. The van der Waals surface area contributed by atoms with Crippen LogP contribution in [-0.2, 0) is 6.54 Å². The molecule has 0 saturated heterocycles. The average Bonchev–Trinajstić information content (AvgIpc) is 3.27. The highest BCUT2D eigenvalue weighted by molar-refractivity contribution is 7.99. The summed E-state index contributed by atoms with van der Waals surface area (Å²) < 4.78 is 20.0. The number of nitrogens with zero attached hydrogens (tertiary/aromatic N) is 2. The van der Waals surface area contributed by atoms with Crippen molar-refractivity contribution in [3.63, 3.8) is 0 Å². The van der Waals surface area contributed by atoms with Crippen molar-refractivity contribution in [3.8, 4) is 0 Å². The highest BCUT2D eigenvalue weighted by atomic mass is 32.2. The quantitative estimate of drug-likeness (QED) is 0.174. The van der Waals surface area contributed by atoms with Crippen LogP contribution in [0.4, 0.5) is 4.39 Å². The van der Waals surface area contributed by atoms with Crippen molar-refractivity contribution in [2.45, 2.75) is 24.5 Å². The third kappa shape index (κ3) is 4.52. The zero-order valence-corrected chi connectivity index (χ0v) is 16.9. The molecule has 0 saturated carbocycles. The van der Waals surface area contributed by atoms with E-state index in [1.54, 1.807) is 23.0 Å². The smallest absolute Gasteiger partial charge is 0.262 e. The molecular weight excluding hydrogens is 403 g/mol. The summed E-state index contributed by atoms with van der Waals surface area (Å²) >= 11 is 1.44. The van der Waals surface area contributed by atoms with Gasteiger partial charge in [0.05, 0.1) is 23.7 Å². The van der Waals surface area contributed by atoms with Gasteiger partial charge in [-0.2, -0.15) is 0 Å². The van der Waals surface area contributed by atoms with Crippen LogP contribution in [0.5, 0.6) is 0 Å². The molecule has 4 aromatic rings. The molecular formula is C23H19FN2O3S. The van der Waals surface area contributed by atoms with Crippen LogP contribution in [0.1, 0.15) is 29.0 Å². The first kappa shape index (κ1) is 20.1. The minimum Gasteiger partial charge on any atom is -0.467 e. The molecule has 0 aliphatic rings. The topological polar surface area (TPSA) is 65.1 Å². The lowest BCUT2D eigenvalue weighted by Gasteiger charge is -2.12. The van der Waals surface area contributed by atoms with Gasteiger partial charge in [-0.05, 0) is 55.0 Å². The number of ketones is 1. The summed E-state index contributed by atoms with van der Waals surface area (Å²) in [5.74, 6) is 0.896. The Kier molecular flexibility index (Phi) is 6.09. The normalized spacial score (nSPS) is 11.1. The Morgan fingerprint density at radius 2 is 1.87 bits per heavy atom. The largest absolute Gasteiger partial charge is 0.467 e. The van der Waals surface area contributed by atoms with Crippen molar-refractivity contribution in [2.24, 2.45) is 0 Å². The number of hydrogen-bond donors (Lipinski definition) is 0. The van der Waals surface area contributed by atoms with Crippen LogP contribution in [0.2, 0.25) is 0 Å². The number of hydrogen-bond acceptors (Lipinski definition) is 5. The number of fused-ring (bicyclic) bond motifs is 1. The first-order chi connectivity index (χ1) is 14.6. The summed E-state index contributed by atoms with van der Waals surface area (Å²) in [6.45, 7) is 0.292. The van der Waals surface area contributed by atoms with E-state index in [9.17, 15) is 14.0 Å². The fourth-order valence-corrected chi connectivity index (χ4v) is 4.07. The van der Waals surface area contributed by atoms with E-state index in [1.165, 1.54) is 36.0 Å². The van der Waals surface area contributed by atoms with E-state index >= 15 is 0 Å². The summed E-state index contributed by atoms with van der Waals surface area (Å²) in [6.07, 6.45) is 2.53. The molecule has 0 aliphatic carbocycles. The third-order valence-electron chi connectivity index (χ3n) is 4.67. The van der Waals surface area contributed by atoms with E-state index in [1.807, 2.05) is 24.3 Å². The van der Waals surface area contributed by atoms with Crippen LogP contribution in [-0.4, -0.2) is 21.1 Å². The van der Waals surface area contributed by atoms with Gasteiger partial charge in [0.25, 0.3) is 5.56 Å². The summed E-state index contributed by atoms with van der Waals surface area (Å²) in [4.78, 5) is 29.9. The molecule has 0 N–H and O–H groups in total. The number of halogens is 1. The Morgan fingerprint density at radius 3 is 2.63 bits per heavy atom. The Bertz CT molecular complexity index is 1220. The third-order valence-corrected chi connectivity index (χ3v) is 5.73. The van der Waals surface area contributed by atoms with Crippen LogP contribution >= 0.6 is 11.8 Å². The number of aromatic nitrogens is 2. The van der Waals surface area contributed by atoms with Crippen molar-refractivity contribution in [2.75, 3.05) is 5.75 Å². The molecule has 2 heterocycles. The van der Waals surface area contributed by atoms with Crippen LogP contribution < -0.4 is 5.56 Å². The molecule has 2 aromatic heterocycles. The molecule has 0 radical (unpaired) electrons. The number of rotatable bonds is 8. The maximum Gasteiger partial charge on any atom is 0.262 e. The Hall–Kier alpha value is -3.19. The van der Waals surface area contributed by atoms with E-state index < -0.39 is 0 Å². The minimum atomic E-state index is -0.362. The fourth-order valence-electron chi connectivity index (χ4n) is 3.13. The molecule has 0 bridgehead atoms. The van der Waals surface area contributed by atoms with Crippen molar-refractivity contribution in [3.05, 3.63) is 94.4 Å². The standard InChI is InChI=1S/C23H19FN2O3S/c24-17-11-9-16(10-12-17)21(27)8-4-14-30-23-25-20-7-2-1-6-19(20)22(28)26(23)15-18-5-3-13-29-18/h1-3,5-7,9-13H,4,8,14-15H2.